The van der Waals surface area contributed by atoms with Gasteiger partial charge in [0.25, 0.3) is 0 Å². The van der Waals surface area contributed by atoms with Gasteiger partial charge in [0, 0.05) is 5.02 Å². The van der Waals surface area contributed by atoms with Gasteiger partial charge in [0.1, 0.15) is 5.75 Å². The summed E-state index contributed by atoms with van der Waals surface area (Å²) in [6.07, 6.45) is -0.791. The van der Waals surface area contributed by atoms with E-state index in [4.69, 9.17) is 26.9 Å². The second-order valence-corrected chi connectivity index (χ2v) is 7.41. The third-order valence-electron chi connectivity index (χ3n) is 3.78. The number of hydrogen-bond acceptors (Lipinski definition) is 3. The highest BCUT2D eigenvalue weighted by Gasteiger charge is 2.19. The Morgan fingerprint density at radius 1 is 1.08 bits per heavy atom. The first-order valence-corrected chi connectivity index (χ1v) is 8.67. The van der Waals surface area contributed by atoms with Gasteiger partial charge >= 0.3 is 11.8 Å². The summed E-state index contributed by atoms with van der Waals surface area (Å²) in [5.74, 6) is 0.218. The molecule has 0 spiro atoms. The summed E-state index contributed by atoms with van der Waals surface area (Å²) in [5.41, 5.74) is 7.75. The van der Waals surface area contributed by atoms with Crippen molar-refractivity contribution in [1.82, 2.24) is 0 Å². The zero-order valence-corrected chi connectivity index (χ0v) is 16.1. The average molecular weight is 376 g/mol. The minimum absolute atomic E-state index is 0.0576. The molecule has 2 aromatic rings. The second kappa shape index (κ2) is 8.23. The van der Waals surface area contributed by atoms with Crippen LogP contribution in [0.4, 0.5) is 0 Å². The zero-order chi connectivity index (χ0) is 19.3. The van der Waals surface area contributed by atoms with Gasteiger partial charge in [-0.15, -0.1) is 0 Å². The Bertz CT molecular complexity index is 778. The smallest absolute Gasteiger partial charge is 0.396 e. The van der Waals surface area contributed by atoms with Crippen LogP contribution in [0.25, 0.3) is 0 Å². The maximum Gasteiger partial charge on any atom is 0.396 e. The Labute approximate surface area is 158 Å². The molecule has 0 aromatic heterocycles. The van der Waals surface area contributed by atoms with Crippen molar-refractivity contribution in [3.63, 3.8) is 0 Å². The standard InChI is InChI=1S/C20H23ClN2O3/c1-13(25-17-11-7-15(8-12-17)20(2,3)4)19(24)26-23-18(22)14-5-9-16(21)10-6-14/h5-13H,1-4H3,(H2,22,23)/p+1/t13-/m0/s1. The Hall–Kier alpha value is -2.53. The van der Waals surface area contributed by atoms with Gasteiger partial charge in [0.15, 0.2) is 6.10 Å². The maximum atomic E-state index is 12.1. The number of nitrogens with one attached hydrogen (secondary N) is 1. The molecule has 0 aliphatic rings. The fraction of sp³-hybridized carbons (Fsp3) is 0.300. The molecule has 6 heteroatoms. The molecule has 0 radical (unpaired) electrons. The summed E-state index contributed by atoms with van der Waals surface area (Å²) >= 11 is 5.82. The van der Waals surface area contributed by atoms with Crippen LogP contribution in [0.5, 0.6) is 5.75 Å². The largest absolute Gasteiger partial charge is 0.479 e. The van der Waals surface area contributed by atoms with Crippen LogP contribution < -0.4 is 15.6 Å². The van der Waals surface area contributed by atoms with Crippen molar-refractivity contribution in [2.45, 2.75) is 39.2 Å². The third-order valence-corrected chi connectivity index (χ3v) is 4.03. The van der Waals surface area contributed by atoms with Crippen molar-refractivity contribution < 1.29 is 19.5 Å². The summed E-state index contributed by atoms with van der Waals surface area (Å²) in [6.45, 7) is 8.02. The molecule has 2 rings (SSSR count). The lowest BCUT2D eigenvalue weighted by Gasteiger charge is -2.19. The molecule has 1 atom stereocenters. The van der Waals surface area contributed by atoms with E-state index < -0.39 is 12.1 Å². The van der Waals surface area contributed by atoms with Crippen molar-refractivity contribution in [2.24, 2.45) is 5.73 Å². The van der Waals surface area contributed by atoms with Crippen molar-refractivity contribution in [1.29, 1.82) is 0 Å². The minimum atomic E-state index is -0.791. The van der Waals surface area contributed by atoms with Gasteiger partial charge in [-0.25, -0.2) is 4.79 Å². The molecule has 0 aliphatic heterocycles. The summed E-state index contributed by atoms with van der Waals surface area (Å²) < 4.78 is 5.62. The van der Waals surface area contributed by atoms with Crippen LogP contribution in [0.3, 0.4) is 0 Å². The average Bonchev–Trinajstić information content (AvgIpc) is 2.59. The first kappa shape index (κ1) is 19.8. The number of benzene rings is 2. The SMILES string of the molecule is C[C@H](Oc1ccc(C(C)(C)C)cc1)C(=O)O[NH+]=C(N)c1ccc(Cl)cc1. The van der Waals surface area contributed by atoms with Gasteiger partial charge in [0.2, 0.25) is 0 Å². The highest BCUT2D eigenvalue weighted by Crippen LogP contribution is 2.24. The molecule has 0 amide bonds. The topological polar surface area (TPSA) is 75.5 Å². The quantitative estimate of drug-likeness (QED) is 0.364. The van der Waals surface area contributed by atoms with Crippen LogP contribution in [0, 0.1) is 0 Å². The number of carbonyl (C=O) groups is 1. The lowest BCUT2D eigenvalue weighted by Crippen LogP contribution is -2.76. The normalized spacial score (nSPS) is 13.2. The number of carbonyl (C=O) groups excluding carboxylic acids is 1. The molecule has 3 N–H and O–H groups in total. The molecule has 138 valence electrons. The Morgan fingerprint density at radius 2 is 1.65 bits per heavy atom. The Kier molecular flexibility index (Phi) is 6.27. The van der Waals surface area contributed by atoms with E-state index in [2.05, 4.69) is 25.9 Å². The molecular formula is C20H24ClN2O3+. The molecule has 0 unspecified atom stereocenters. The van der Waals surface area contributed by atoms with Crippen LogP contribution >= 0.6 is 11.6 Å². The summed E-state index contributed by atoms with van der Waals surface area (Å²) in [5, 5.41) is 3.03. The zero-order valence-electron chi connectivity index (χ0n) is 15.4. The second-order valence-electron chi connectivity index (χ2n) is 6.98. The fourth-order valence-corrected chi connectivity index (χ4v) is 2.29. The maximum absolute atomic E-state index is 12.1. The van der Waals surface area contributed by atoms with E-state index in [0.29, 0.717) is 16.3 Å². The van der Waals surface area contributed by atoms with Gasteiger partial charge in [-0.1, -0.05) is 49.7 Å². The van der Waals surface area contributed by atoms with Crippen molar-refractivity contribution in [3.05, 3.63) is 64.7 Å². The summed E-state index contributed by atoms with van der Waals surface area (Å²) in [4.78, 5) is 17.1. The van der Waals surface area contributed by atoms with Gasteiger partial charge in [-0.3, -0.25) is 10.6 Å². The molecule has 26 heavy (non-hydrogen) atoms. The molecule has 0 saturated heterocycles. The molecule has 0 heterocycles. The molecule has 5 nitrogen and oxygen atoms in total. The number of hydrogen-bond donors (Lipinski definition) is 2. The van der Waals surface area contributed by atoms with Crippen LogP contribution in [0.2, 0.25) is 5.02 Å². The van der Waals surface area contributed by atoms with Gasteiger partial charge in [-0.05, 0) is 54.3 Å². The van der Waals surface area contributed by atoms with Crippen molar-refractivity contribution >= 4 is 23.4 Å². The number of rotatable bonds is 5. The van der Waals surface area contributed by atoms with Crippen LogP contribution in [0.1, 0.15) is 38.8 Å². The number of amidine groups is 1. The first-order valence-electron chi connectivity index (χ1n) is 8.29. The van der Waals surface area contributed by atoms with E-state index in [9.17, 15) is 4.79 Å². The van der Waals surface area contributed by atoms with E-state index in [0.717, 1.165) is 0 Å². The Morgan fingerprint density at radius 3 is 2.19 bits per heavy atom. The predicted molar refractivity (Wildman–Crippen MR) is 102 cm³/mol. The monoisotopic (exact) mass is 375 g/mol. The third kappa shape index (κ3) is 5.49. The van der Waals surface area contributed by atoms with Crippen molar-refractivity contribution in [2.75, 3.05) is 0 Å². The number of nitrogen functional groups attached to an aromatic ring is 1. The van der Waals surface area contributed by atoms with E-state index >= 15 is 0 Å². The van der Waals surface area contributed by atoms with Gasteiger partial charge < -0.3 is 4.74 Å². The first-order chi connectivity index (χ1) is 12.2. The molecule has 0 fully saturated rings. The minimum Gasteiger partial charge on any atom is -0.479 e. The molecule has 0 bridgehead atoms. The summed E-state index contributed by atoms with van der Waals surface area (Å²) in [6, 6.07) is 14.5. The van der Waals surface area contributed by atoms with E-state index in [1.807, 2.05) is 24.3 Å². The van der Waals surface area contributed by atoms with Crippen molar-refractivity contribution in [3.8, 4) is 5.75 Å². The van der Waals surface area contributed by atoms with E-state index in [-0.39, 0.29) is 11.3 Å². The molecular weight excluding hydrogens is 352 g/mol. The van der Waals surface area contributed by atoms with E-state index in [1.165, 1.54) is 5.56 Å². The van der Waals surface area contributed by atoms with Crippen LogP contribution in [0.15, 0.2) is 48.5 Å². The predicted octanol–water partition coefficient (Wildman–Crippen LogP) is 2.35. The van der Waals surface area contributed by atoms with Gasteiger partial charge in [-0.2, -0.15) is 0 Å². The molecule has 2 aromatic carbocycles. The van der Waals surface area contributed by atoms with Crippen LogP contribution in [-0.4, -0.2) is 17.9 Å². The lowest BCUT2D eigenvalue weighted by molar-refractivity contribution is -0.724. The van der Waals surface area contributed by atoms with Crippen LogP contribution in [-0.2, 0) is 15.0 Å². The van der Waals surface area contributed by atoms with Gasteiger partial charge in [0.05, 0.1) is 5.56 Å². The molecule has 0 aliphatic carbocycles. The Balaban J connectivity index is 1.94. The number of nitrogens with two attached hydrogens (primary N) is 1. The lowest BCUT2D eigenvalue weighted by atomic mass is 9.87. The summed E-state index contributed by atoms with van der Waals surface area (Å²) in [7, 11) is 0. The fourth-order valence-electron chi connectivity index (χ4n) is 2.16. The highest BCUT2D eigenvalue weighted by molar-refractivity contribution is 6.30. The highest BCUT2D eigenvalue weighted by atomic mass is 35.5. The number of ether oxygens (including phenoxy) is 1. The molecule has 0 saturated carbocycles. The number of halogens is 1. The van der Waals surface area contributed by atoms with E-state index in [1.54, 1.807) is 31.2 Å².